The lowest BCUT2D eigenvalue weighted by atomic mass is 10.1. The number of alkyl halides is 2. The number of benzene rings is 1. The van der Waals surface area contributed by atoms with Crippen molar-refractivity contribution in [2.24, 2.45) is 0 Å². The highest BCUT2D eigenvalue weighted by Crippen LogP contribution is 2.17. The number of hydrogen-bond acceptors (Lipinski definition) is 1. The van der Waals surface area contributed by atoms with Gasteiger partial charge in [-0.1, -0.05) is 37.9 Å². The van der Waals surface area contributed by atoms with Crippen LogP contribution in [0.1, 0.15) is 10.4 Å². The van der Waals surface area contributed by atoms with E-state index in [1.165, 1.54) is 12.1 Å². The van der Waals surface area contributed by atoms with Crippen molar-refractivity contribution in [3.8, 4) is 0 Å². The topological polar surface area (TPSA) is 17.1 Å². The molecule has 0 spiro atoms. The molecule has 1 unspecified atom stereocenters. The Kier molecular flexibility index (Phi) is 4.19. The van der Waals surface area contributed by atoms with Gasteiger partial charge < -0.3 is 0 Å². The van der Waals surface area contributed by atoms with E-state index in [1.807, 2.05) is 0 Å². The van der Waals surface area contributed by atoms with E-state index in [2.05, 4.69) is 31.9 Å². The number of carbonyl (C=O) groups excluding carboxylic acids is 1. The summed E-state index contributed by atoms with van der Waals surface area (Å²) in [5.41, 5.74) is -0.230. The van der Waals surface area contributed by atoms with Crippen LogP contribution in [0.4, 0.5) is 8.78 Å². The van der Waals surface area contributed by atoms with E-state index in [9.17, 15) is 13.6 Å². The number of carbonyl (C=O) groups is 1. The van der Waals surface area contributed by atoms with Gasteiger partial charge in [-0.2, -0.15) is 0 Å². The third-order valence-corrected chi connectivity index (χ3v) is 3.89. The minimum absolute atomic E-state index is 0.230. The standard InChI is InChI=1S/C9H6Br2F2O/c10-4-6(11)9(14)5-2-1-3-7(12)8(5)13/h1-3,6H,4H2. The van der Waals surface area contributed by atoms with E-state index < -0.39 is 22.2 Å². The second-order valence-corrected chi connectivity index (χ2v) is 4.34. The minimum Gasteiger partial charge on any atom is -0.293 e. The van der Waals surface area contributed by atoms with Gasteiger partial charge in [0.25, 0.3) is 0 Å². The molecule has 0 aromatic heterocycles. The first kappa shape index (κ1) is 11.8. The molecule has 0 aliphatic carbocycles. The van der Waals surface area contributed by atoms with Crippen LogP contribution in [0.2, 0.25) is 0 Å². The quantitative estimate of drug-likeness (QED) is 0.615. The van der Waals surface area contributed by atoms with Crippen LogP contribution in [-0.4, -0.2) is 15.9 Å². The molecule has 0 fully saturated rings. The number of rotatable bonds is 3. The van der Waals surface area contributed by atoms with Crippen LogP contribution >= 0.6 is 31.9 Å². The molecule has 1 nitrogen and oxygen atoms in total. The van der Waals surface area contributed by atoms with Crippen LogP contribution in [0.3, 0.4) is 0 Å². The number of halogens is 4. The predicted molar refractivity (Wildman–Crippen MR) is 57.2 cm³/mol. The summed E-state index contributed by atoms with van der Waals surface area (Å²) in [6.45, 7) is 0. The Morgan fingerprint density at radius 1 is 1.43 bits per heavy atom. The molecule has 1 rings (SSSR count). The molecular formula is C9H6Br2F2O. The summed E-state index contributed by atoms with van der Waals surface area (Å²) >= 11 is 6.12. The highest BCUT2D eigenvalue weighted by atomic mass is 79.9. The molecule has 0 aliphatic heterocycles. The molecule has 5 heteroatoms. The van der Waals surface area contributed by atoms with Crippen molar-refractivity contribution in [2.75, 3.05) is 5.33 Å². The lowest BCUT2D eigenvalue weighted by Gasteiger charge is -2.06. The lowest BCUT2D eigenvalue weighted by molar-refractivity contribution is 0.0992. The van der Waals surface area contributed by atoms with Crippen LogP contribution in [0.25, 0.3) is 0 Å². The van der Waals surface area contributed by atoms with E-state index in [0.29, 0.717) is 5.33 Å². The highest BCUT2D eigenvalue weighted by Gasteiger charge is 2.20. The maximum Gasteiger partial charge on any atom is 0.180 e. The van der Waals surface area contributed by atoms with Gasteiger partial charge in [0.15, 0.2) is 17.4 Å². The van der Waals surface area contributed by atoms with Crippen LogP contribution in [0, 0.1) is 11.6 Å². The van der Waals surface area contributed by atoms with Crippen molar-refractivity contribution in [1.82, 2.24) is 0 Å². The van der Waals surface area contributed by atoms with Crippen molar-refractivity contribution in [3.05, 3.63) is 35.4 Å². The average molecular weight is 328 g/mol. The fraction of sp³-hybridized carbons (Fsp3) is 0.222. The van der Waals surface area contributed by atoms with E-state index in [0.717, 1.165) is 6.07 Å². The molecule has 0 aliphatic rings. The van der Waals surface area contributed by atoms with Gasteiger partial charge in [-0.05, 0) is 12.1 Å². The van der Waals surface area contributed by atoms with Crippen molar-refractivity contribution < 1.29 is 13.6 Å². The fourth-order valence-corrected chi connectivity index (χ4v) is 1.47. The summed E-state index contributed by atoms with van der Waals surface area (Å²) in [6, 6.07) is 3.54. The van der Waals surface area contributed by atoms with E-state index in [-0.39, 0.29) is 5.56 Å². The summed E-state index contributed by atoms with van der Waals surface area (Å²) in [5, 5.41) is 0.349. The maximum atomic E-state index is 13.1. The Morgan fingerprint density at radius 2 is 2.07 bits per heavy atom. The first-order chi connectivity index (χ1) is 6.57. The zero-order valence-electron chi connectivity index (χ0n) is 6.94. The van der Waals surface area contributed by atoms with Gasteiger partial charge >= 0.3 is 0 Å². The molecule has 0 bridgehead atoms. The van der Waals surface area contributed by atoms with E-state index >= 15 is 0 Å². The Balaban J connectivity index is 3.07. The van der Waals surface area contributed by atoms with Gasteiger partial charge in [0, 0.05) is 5.33 Å². The Morgan fingerprint density at radius 3 is 2.64 bits per heavy atom. The molecule has 1 atom stereocenters. The molecule has 76 valence electrons. The predicted octanol–water partition coefficient (Wildman–Crippen LogP) is 3.31. The highest BCUT2D eigenvalue weighted by molar-refractivity contribution is 9.12. The fourth-order valence-electron chi connectivity index (χ4n) is 0.933. The average Bonchev–Trinajstić information content (AvgIpc) is 2.20. The van der Waals surface area contributed by atoms with E-state index in [1.54, 1.807) is 0 Å². The first-order valence-corrected chi connectivity index (χ1v) is 5.80. The van der Waals surface area contributed by atoms with Crippen LogP contribution in [-0.2, 0) is 0 Å². The lowest BCUT2D eigenvalue weighted by Crippen LogP contribution is -2.17. The van der Waals surface area contributed by atoms with E-state index in [4.69, 9.17) is 0 Å². The molecular weight excluding hydrogens is 322 g/mol. The summed E-state index contributed by atoms with van der Waals surface area (Å²) in [7, 11) is 0. The SMILES string of the molecule is O=C(c1cccc(F)c1F)C(Br)CBr. The molecule has 0 amide bonds. The third-order valence-electron chi connectivity index (χ3n) is 1.64. The van der Waals surface area contributed by atoms with Crippen molar-refractivity contribution in [3.63, 3.8) is 0 Å². The molecule has 0 radical (unpaired) electrons. The summed E-state index contributed by atoms with van der Waals surface area (Å²) in [5.74, 6) is -2.58. The first-order valence-electron chi connectivity index (χ1n) is 3.76. The normalized spacial score (nSPS) is 12.6. The minimum atomic E-state index is -1.09. The molecule has 1 aromatic carbocycles. The summed E-state index contributed by atoms with van der Waals surface area (Å²) in [4.78, 5) is 10.9. The Labute approximate surface area is 96.8 Å². The Hall–Kier alpha value is -0.290. The van der Waals surface area contributed by atoms with Gasteiger partial charge in [-0.15, -0.1) is 0 Å². The second kappa shape index (κ2) is 4.98. The van der Waals surface area contributed by atoms with Crippen LogP contribution in [0.15, 0.2) is 18.2 Å². The zero-order chi connectivity index (χ0) is 10.7. The molecule has 14 heavy (non-hydrogen) atoms. The van der Waals surface area contributed by atoms with Crippen molar-refractivity contribution >= 4 is 37.6 Å². The monoisotopic (exact) mass is 326 g/mol. The largest absolute Gasteiger partial charge is 0.293 e. The number of Topliss-reactive ketones (excluding diaryl/α,β-unsaturated/α-hetero) is 1. The number of ketones is 1. The molecule has 0 heterocycles. The third kappa shape index (κ3) is 2.39. The zero-order valence-corrected chi connectivity index (χ0v) is 10.1. The van der Waals surface area contributed by atoms with Gasteiger partial charge in [0.05, 0.1) is 10.4 Å². The maximum absolute atomic E-state index is 13.1. The van der Waals surface area contributed by atoms with Gasteiger partial charge in [-0.3, -0.25) is 4.79 Å². The van der Waals surface area contributed by atoms with Crippen LogP contribution < -0.4 is 0 Å². The molecule has 1 aromatic rings. The molecule has 0 N–H and O–H groups in total. The van der Waals surface area contributed by atoms with Gasteiger partial charge in [-0.25, -0.2) is 8.78 Å². The van der Waals surface area contributed by atoms with Crippen molar-refractivity contribution in [2.45, 2.75) is 4.83 Å². The van der Waals surface area contributed by atoms with Crippen LogP contribution in [0.5, 0.6) is 0 Å². The summed E-state index contributed by atoms with van der Waals surface area (Å²) in [6.07, 6.45) is 0. The Bertz CT molecular complexity index is 355. The smallest absolute Gasteiger partial charge is 0.180 e. The number of hydrogen-bond donors (Lipinski definition) is 0. The van der Waals surface area contributed by atoms with Gasteiger partial charge in [0.2, 0.25) is 0 Å². The second-order valence-electron chi connectivity index (χ2n) is 2.59. The van der Waals surface area contributed by atoms with Gasteiger partial charge in [0.1, 0.15) is 0 Å². The summed E-state index contributed by atoms with van der Waals surface area (Å²) < 4.78 is 25.9. The molecule has 0 saturated heterocycles. The molecule has 0 saturated carbocycles. The van der Waals surface area contributed by atoms with Crippen molar-refractivity contribution in [1.29, 1.82) is 0 Å².